The number of nitrogens with one attached hydrogen (secondary N) is 1. The lowest BCUT2D eigenvalue weighted by Crippen LogP contribution is -2.43. The molecule has 1 aliphatic rings. The van der Waals surface area contributed by atoms with E-state index < -0.39 is 10.0 Å². The first-order valence-corrected chi connectivity index (χ1v) is 9.41. The van der Waals surface area contributed by atoms with Crippen molar-refractivity contribution in [3.05, 3.63) is 24.2 Å². The first-order chi connectivity index (χ1) is 10.5. The van der Waals surface area contributed by atoms with Crippen LogP contribution in [0, 0.1) is 5.92 Å². The number of hydrogen-bond acceptors (Lipinski definition) is 4. The van der Waals surface area contributed by atoms with E-state index in [-0.39, 0.29) is 17.6 Å². The summed E-state index contributed by atoms with van der Waals surface area (Å²) >= 11 is 0. The normalized spacial score (nSPS) is 17.5. The first-order valence-electron chi connectivity index (χ1n) is 7.81. The molecule has 2 rings (SSSR count). The van der Waals surface area contributed by atoms with E-state index in [9.17, 15) is 13.2 Å². The molecule has 6 nitrogen and oxygen atoms in total. The highest BCUT2D eigenvalue weighted by Crippen LogP contribution is 2.20. The maximum absolute atomic E-state index is 12.1. The molecule has 1 aliphatic heterocycles. The van der Waals surface area contributed by atoms with Gasteiger partial charge >= 0.3 is 0 Å². The van der Waals surface area contributed by atoms with Crippen LogP contribution in [0.2, 0.25) is 0 Å². The SMILES string of the molecule is CCS(=O)(=O)N1CCC(C(=O)NCCCc2ccco2)CC1. The van der Waals surface area contributed by atoms with E-state index in [1.807, 2.05) is 12.1 Å². The Balaban J connectivity index is 1.67. The number of sulfonamides is 1. The Hall–Kier alpha value is -1.34. The lowest BCUT2D eigenvalue weighted by molar-refractivity contribution is -0.126. The summed E-state index contributed by atoms with van der Waals surface area (Å²) in [6, 6.07) is 3.78. The second-order valence-electron chi connectivity index (χ2n) is 5.55. The van der Waals surface area contributed by atoms with Gasteiger partial charge in [-0.3, -0.25) is 4.79 Å². The van der Waals surface area contributed by atoms with Crippen LogP contribution in [0.15, 0.2) is 22.8 Å². The number of aryl methyl sites for hydroxylation is 1. The molecule has 0 aliphatic carbocycles. The third kappa shape index (κ3) is 4.58. The Labute approximate surface area is 131 Å². The minimum Gasteiger partial charge on any atom is -0.469 e. The fraction of sp³-hybridized carbons (Fsp3) is 0.667. The zero-order chi connectivity index (χ0) is 16.0. The second kappa shape index (κ2) is 7.78. The Kier molecular flexibility index (Phi) is 6.02. The molecule has 0 aromatic carbocycles. The number of amides is 1. The maximum atomic E-state index is 12.1. The van der Waals surface area contributed by atoms with Crippen molar-refractivity contribution in [2.24, 2.45) is 5.92 Å². The van der Waals surface area contributed by atoms with Crippen LogP contribution in [0.25, 0.3) is 0 Å². The van der Waals surface area contributed by atoms with Gasteiger partial charge in [0.2, 0.25) is 15.9 Å². The fourth-order valence-corrected chi connectivity index (χ4v) is 3.78. The van der Waals surface area contributed by atoms with E-state index in [2.05, 4.69) is 5.32 Å². The molecular formula is C15H24N2O4S. The van der Waals surface area contributed by atoms with Crippen LogP contribution in [0.5, 0.6) is 0 Å². The molecule has 0 unspecified atom stereocenters. The maximum Gasteiger partial charge on any atom is 0.223 e. The summed E-state index contributed by atoms with van der Waals surface area (Å²) in [5.41, 5.74) is 0. The van der Waals surface area contributed by atoms with Gasteiger partial charge in [0.25, 0.3) is 0 Å². The molecule has 124 valence electrons. The van der Waals surface area contributed by atoms with E-state index in [1.165, 1.54) is 4.31 Å². The van der Waals surface area contributed by atoms with E-state index in [4.69, 9.17) is 4.42 Å². The number of furan rings is 1. The van der Waals surface area contributed by atoms with Crippen LogP contribution in [0.4, 0.5) is 0 Å². The number of nitrogens with zero attached hydrogens (tertiary/aromatic N) is 1. The predicted octanol–water partition coefficient (Wildman–Crippen LogP) is 1.39. The van der Waals surface area contributed by atoms with Gasteiger partial charge < -0.3 is 9.73 Å². The van der Waals surface area contributed by atoms with Crippen molar-refractivity contribution in [3.63, 3.8) is 0 Å². The molecule has 0 atom stereocenters. The quantitative estimate of drug-likeness (QED) is 0.767. The van der Waals surface area contributed by atoms with Crippen molar-refractivity contribution >= 4 is 15.9 Å². The standard InChI is InChI=1S/C15H24N2O4S/c1-2-22(19,20)17-10-7-13(8-11-17)15(18)16-9-3-5-14-6-4-12-21-14/h4,6,12-13H,2-3,5,7-11H2,1H3,(H,16,18). The van der Waals surface area contributed by atoms with Crippen LogP contribution < -0.4 is 5.32 Å². The van der Waals surface area contributed by atoms with Gasteiger partial charge in [-0.2, -0.15) is 0 Å². The summed E-state index contributed by atoms with van der Waals surface area (Å²) in [5, 5.41) is 2.93. The molecule has 0 spiro atoms. The monoisotopic (exact) mass is 328 g/mol. The highest BCUT2D eigenvalue weighted by molar-refractivity contribution is 7.89. The van der Waals surface area contributed by atoms with Gasteiger partial charge in [0.15, 0.2) is 0 Å². The molecule has 7 heteroatoms. The highest BCUT2D eigenvalue weighted by Gasteiger charge is 2.29. The summed E-state index contributed by atoms with van der Waals surface area (Å²) in [6.07, 6.45) is 4.49. The predicted molar refractivity (Wildman–Crippen MR) is 83.8 cm³/mol. The lowest BCUT2D eigenvalue weighted by atomic mass is 9.97. The number of hydrogen-bond donors (Lipinski definition) is 1. The van der Waals surface area contributed by atoms with Crippen LogP contribution in [0.3, 0.4) is 0 Å². The molecule has 1 fully saturated rings. The number of carbonyl (C=O) groups excluding carboxylic acids is 1. The van der Waals surface area contributed by atoms with Crippen LogP contribution in [-0.4, -0.2) is 44.0 Å². The molecule has 1 saturated heterocycles. The topological polar surface area (TPSA) is 79.6 Å². The summed E-state index contributed by atoms with van der Waals surface area (Å²) in [7, 11) is -3.13. The van der Waals surface area contributed by atoms with Gasteiger partial charge in [-0.1, -0.05) is 0 Å². The average Bonchev–Trinajstić information content (AvgIpc) is 3.05. The van der Waals surface area contributed by atoms with Crippen LogP contribution in [0.1, 0.15) is 31.9 Å². The van der Waals surface area contributed by atoms with Gasteiger partial charge in [0.1, 0.15) is 5.76 Å². The molecule has 1 N–H and O–H groups in total. The van der Waals surface area contributed by atoms with E-state index >= 15 is 0 Å². The minimum absolute atomic E-state index is 0.0352. The summed E-state index contributed by atoms with van der Waals surface area (Å²) in [4.78, 5) is 12.1. The molecule has 0 radical (unpaired) electrons. The largest absolute Gasteiger partial charge is 0.469 e. The van der Waals surface area contributed by atoms with E-state index in [0.717, 1.165) is 18.6 Å². The van der Waals surface area contributed by atoms with Gasteiger partial charge in [-0.05, 0) is 38.3 Å². The Morgan fingerprint density at radius 2 is 2.14 bits per heavy atom. The summed E-state index contributed by atoms with van der Waals surface area (Å²) < 4.78 is 30.3. The molecular weight excluding hydrogens is 304 g/mol. The van der Waals surface area contributed by atoms with Crippen molar-refractivity contribution in [1.82, 2.24) is 9.62 Å². The Bertz CT molecular complexity index is 560. The summed E-state index contributed by atoms with van der Waals surface area (Å²) in [6.45, 7) is 3.15. The van der Waals surface area contributed by atoms with Crippen molar-refractivity contribution in [3.8, 4) is 0 Å². The van der Waals surface area contributed by atoms with Crippen molar-refractivity contribution in [2.45, 2.75) is 32.6 Å². The van der Waals surface area contributed by atoms with Gasteiger partial charge in [-0.15, -0.1) is 0 Å². The number of carbonyl (C=O) groups is 1. The Morgan fingerprint density at radius 3 is 2.73 bits per heavy atom. The third-order valence-electron chi connectivity index (χ3n) is 4.06. The fourth-order valence-electron chi connectivity index (χ4n) is 2.65. The van der Waals surface area contributed by atoms with Crippen molar-refractivity contribution in [2.75, 3.05) is 25.4 Å². The third-order valence-corrected chi connectivity index (χ3v) is 5.94. The zero-order valence-electron chi connectivity index (χ0n) is 13.0. The zero-order valence-corrected chi connectivity index (χ0v) is 13.8. The van der Waals surface area contributed by atoms with Gasteiger partial charge in [0.05, 0.1) is 12.0 Å². The molecule has 2 heterocycles. The number of rotatable bonds is 7. The highest BCUT2D eigenvalue weighted by atomic mass is 32.2. The van der Waals surface area contributed by atoms with E-state index in [1.54, 1.807) is 13.2 Å². The average molecular weight is 328 g/mol. The van der Waals surface area contributed by atoms with Crippen molar-refractivity contribution < 1.29 is 17.6 Å². The Morgan fingerprint density at radius 1 is 1.41 bits per heavy atom. The first kappa shape index (κ1) is 17.0. The molecule has 0 saturated carbocycles. The molecule has 0 bridgehead atoms. The summed E-state index contributed by atoms with van der Waals surface area (Å²) in [5.74, 6) is 1.00. The van der Waals surface area contributed by atoms with Crippen molar-refractivity contribution in [1.29, 1.82) is 0 Å². The molecule has 1 aromatic heterocycles. The lowest BCUT2D eigenvalue weighted by Gasteiger charge is -2.30. The second-order valence-corrected chi connectivity index (χ2v) is 7.81. The molecule has 1 aromatic rings. The molecule has 22 heavy (non-hydrogen) atoms. The van der Waals surface area contributed by atoms with Crippen LogP contribution in [-0.2, 0) is 21.2 Å². The smallest absolute Gasteiger partial charge is 0.223 e. The molecule has 1 amide bonds. The number of piperidine rings is 1. The van der Waals surface area contributed by atoms with Gasteiger partial charge in [-0.25, -0.2) is 12.7 Å². The van der Waals surface area contributed by atoms with Crippen LogP contribution >= 0.6 is 0 Å². The van der Waals surface area contributed by atoms with E-state index in [0.29, 0.717) is 32.5 Å². The minimum atomic E-state index is -3.13. The van der Waals surface area contributed by atoms with Gasteiger partial charge in [0, 0.05) is 32.0 Å².